The number of alkyl halides is 3. The number of nitrogens with one attached hydrogen (secondary N) is 1. The van der Waals surface area contributed by atoms with Crippen molar-refractivity contribution in [2.24, 2.45) is 4.99 Å². The number of hydrogen-bond donors (Lipinski definition) is 2. The Morgan fingerprint density at radius 2 is 1.72 bits per heavy atom. The van der Waals surface area contributed by atoms with Crippen molar-refractivity contribution in [3.63, 3.8) is 0 Å². The Bertz CT molecular complexity index is 1130. The van der Waals surface area contributed by atoms with E-state index in [0.717, 1.165) is 23.4 Å². The van der Waals surface area contributed by atoms with Crippen LogP contribution in [0.2, 0.25) is 5.02 Å². The minimum Gasteiger partial charge on any atom is -0.508 e. The van der Waals surface area contributed by atoms with E-state index in [0.29, 0.717) is 28.3 Å². The molecule has 4 nitrogen and oxygen atoms in total. The number of methoxy groups -OCH3 is 1. The Labute approximate surface area is 188 Å². The molecule has 0 saturated carbocycles. The number of phenolic OH excluding ortho intramolecular Hbond substituents is 1. The minimum atomic E-state index is -4.41. The van der Waals surface area contributed by atoms with Gasteiger partial charge in [0.25, 0.3) is 0 Å². The molecule has 1 heterocycles. The Hall–Kier alpha value is -3.03. The fourth-order valence-corrected chi connectivity index (χ4v) is 3.87. The van der Waals surface area contributed by atoms with Gasteiger partial charge in [0.15, 0.2) is 0 Å². The molecule has 0 saturated heterocycles. The van der Waals surface area contributed by atoms with Crippen molar-refractivity contribution in [1.82, 2.24) is 5.32 Å². The summed E-state index contributed by atoms with van der Waals surface area (Å²) in [6.07, 6.45) is -4.56. The molecule has 2 atom stereocenters. The Balaban J connectivity index is 1.73. The van der Waals surface area contributed by atoms with Crippen molar-refractivity contribution in [3.8, 4) is 11.5 Å². The second-order valence-corrected chi connectivity index (χ2v) is 7.89. The number of phenols is 1. The molecular weight excluding hydrogens is 441 g/mol. The van der Waals surface area contributed by atoms with Crippen LogP contribution < -0.4 is 10.1 Å². The highest BCUT2D eigenvalue weighted by molar-refractivity contribution is 6.30. The summed E-state index contributed by atoms with van der Waals surface area (Å²) in [7, 11) is 1.58. The Kier molecular flexibility index (Phi) is 6.13. The number of rotatable bonds is 4. The van der Waals surface area contributed by atoms with Gasteiger partial charge >= 0.3 is 6.18 Å². The van der Waals surface area contributed by atoms with Crippen LogP contribution in [0.5, 0.6) is 11.5 Å². The normalized spacial score (nSPS) is 18.8. The summed E-state index contributed by atoms with van der Waals surface area (Å²) in [5.41, 5.74) is 2.06. The lowest BCUT2D eigenvalue weighted by atomic mass is 9.93. The number of benzene rings is 3. The zero-order valence-corrected chi connectivity index (χ0v) is 17.8. The van der Waals surface area contributed by atoms with Gasteiger partial charge in [0.05, 0.1) is 12.7 Å². The molecule has 1 aliphatic heterocycles. The summed E-state index contributed by atoms with van der Waals surface area (Å²) < 4.78 is 44.2. The van der Waals surface area contributed by atoms with Crippen molar-refractivity contribution in [3.05, 3.63) is 94.0 Å². The standard InChI is InChI=1S/C24H20ClF3N2O2/c1-32-18-9-4-14(5-10-18)20-13-21(19-12-17(25)8-11-22(19)31)30-23(29-20)15-2-6-16(7-3-15)24(26,27)28/h2-12,21,23,30-31H,13H2,1H3/t21-,23+/m1/s1. The van der Waals surface area contributed by atoms with Gasteiger partial charge < -0.3 is 9.84 Å². The molecular formula is C24H20ClF3N2O2. The highest BCUT2D eigenvalue weighted by Gasteiger charge is 2.31. The van der Waals surface area contributed by atoms with Crippen LogP contribution in [-0.2, 0) is 6.18 Å². The monoisotopic (exact) mass is 460 g/mol. The van der Waals surface area contributed by atoms with E-state index in [-0.39, 0.29) is 11.8 Å². The van der Waals surface area contributed by atoms with Gasteiger partial charge in [-0.25, -0.2) is 0 Å². The molecule has 1 aliphatic rings. The third-order valence-corrected chi connectivity index (χ3v) is 5.62. The van der Waals surface area contributed by atoms with Crippen LogP contribution in [0.15, 0.2) is 71.7 Å². The summed E-state index contributed by atoms with van der Waals surface area (Å²) >= 11 is 6.15. The molecule has 4 rings (SSSR count). The molecule has 3 aromatic rings. The molecule has 166 valence electrons. The number of halogens is 4. The van der Waals surface area contributed by atoms with Gasteiger partial charge in [-0.15, -0.1) is 0 Å². The first-order chi connectivity index (χ1) is 15.2. The van der Waals surface area contributed by atoms with Gasteiger partial charge in [0.2, 0.25) is 0 Å². The SMILES string of the molecule is COc1ccc(C2=N[C@H](c3ccc(C(F)(F)F)cc3)N[C@@H](c3cc(Cl)ccc3O)C2)cc1. The average Bonchev–Trinajstić information content (AvgIpc) is 2.80. The van der Waals surface area contributed by atoms with Gasteiger partial charge in [-0.1, -0.05) is 23.7 Å². The predicted molar refractivity (Wildman–Crippen MR) is 117 cm³/mol. The highest BCUT2D eigenvalue weighted by atomic mass is 35.5. The maximum absolute atomic E-state index is 13.0. The molecule has 0 aliphatic carbocycles. The molecule has 0 unspecified atom stereocenters. The zero-order valence-electron chi connectivity index (χ0n) is 17.0. The minimum absolute atomic E-state index is 0.0778. The fourth-order valence-electron chi connectivity index (χ4n) is 3.69. The maximum Gasteiger partial charge on any atom is 0.416 e. The smallest absolute Gasteiger partial charge is 0.416 e. The highest BCUT2D eigenvalue weighted by Crippen LogP contribution is 2.37. The quantitative estimate of drug-likeness (QED) is 0.480. The van der Waals surface area contributed by atoms with Crippen molar-refractivity contribution in [1.29, 1.82) is 0 Å². The fraction of sp³-hybridized carbons (Fsp3) is 0.208. The molecule has 3 aromatic carbocycles. The van der Waals surface area contributed by atoms with E-state index in [1.807, 2.05) is 24.3 Å². The largest absolute Gasteiger partial charge is 0.508 e. The van der Waals surface area contributed by atoms with Gasteiger partial charge in [-0.3, -0.25) is 10.3 Å². The van der Waals surface area contributed by atoms with Gasteiger partial charge in [0, 0.05) is 28.8 Å². The number of aliphatic imine (C=N–C) groups is 1. The van der Waals surface area contributed by atoms with Crippen LogP contribution in [0, 0.1) is 0 Å². The topological polar surface area (TPSA) is 53.8 Å². The van der Waals surface area contributed by atoms with E-state index in [4.69, 9.17) is 21.3 Å². The molecule has 0 aromatic heterocycles. The summed E-state index contributed by atoms with van der Waals surface area (Å²) in [6.45, 7) is 0. The van der Waals surface area contributed by atoms with Gasteiger partial charge in [-0.05, 0) is 65.7 Å². The van der Waals surface area contributed by atoms with Crippen molar-refractivity contribution in [2.75, 3.05) is 7.11 Å². The van der Waals surface area contributed by atoms with E-state index in [1.165, 1.54) is 18.2 Å². The van der Waals surface area contributed by atoms with E-state index < -0.39 is 17.9 Å². The van der Waals surface area contributed by atoms with Crippen LogP contribution in [0.1, 0.15) is 40.9 Å². The lowest BCUT2D eigenvalue weighted by molar-refractivity contribution is -0.137. The van der Waals surface area contributed by atoms with Crippen molar-refractivity contribution < 1.29 is 23.0 Å². The van der Waals surface area contributed by atoms with Gasteiger partial charge in [-0.2, -0.15) is 13.2 Å². The lowest BCUT2D eigenvalue weighted by Gasteiger charge is -2.31. The summed E-state index contributed by atoms with van der Waals surface area (Å²) in [5.74, 6) is 0.778. The first-order valence-electron chi connectivity index (χ1n) is 9.87. The number of nitrogens with zero attached hydrogens (tertiary/aromatic N) is 1. The van der Waals surface area contributed by atoms with Crippen molar-refractivity contribution >= 4 is 17.3 Å². The van der Waals surface area contributed by atoms with Crippen LogP contribution in [0.25, 0.3) is 0 Å². The lowest BCUT2D eigenvalue weighted by Crippen LogP contribution is -2.33. The third-order valence-electron chi connectivity index (χ3n) is 5.38. The second-order valence-electron chi connectivity index (χ2n) is 7.45. The van der Waals surface area contributed by atoms with Gasteiger partial charge in [0.1, 0.15) is 17.7 Å². The van der Waals surface area contributed by atoms with Crippen molar-refractivity contribution in [2.45, 2.75) is 24.8 Å². The predicted octanol–water partition coefficient (Wildman–Crippen LogP) is 6.30. The molecule has 2 N–H and O–H groups in total. The maximum atomic E-state index is 13.0. The van der Waals surface area contributed by atoms with E-state index in [2.05, 4.69) is 5.32 Å². The van der Waals surface area contributed by atoms with Crippen LogP contribution in [-0.4, -0.2) is 17.9 Å². The summed E-state index contributed by atoms with van der Waals surface area (Å²) in [6, 6.07) is 16.7. The van der Waals surface area contributed by atoms with Crippen LogP contribution in [0.3, 0.4) is 0 Å². The molecule has 0 amide bonds. The number of hydrogen-bond acceptors (Lipinski definition) is 4. The zero-order chi connectivity index (χ0) is 22.9. The number of aromatic hydroxyl groups is 1. The Morgan fingerprint density at radius 1 is 1.03 bits per heavy atom. The molecule has 0 spiro atoms. The first-order valence-corrected chi connectivity index (χ1v) is 10.2. The molecule has 8 heteroatoms. The van der Waals surface area contributed by atoms with E-state index >= 15 is 0 Å². The van der Waals surface area contributed by atoms with E-state index in [9.17, 15) is 18.3 Å². The Morgan fingerprint density at radius 3 is 2.34 bits per heavy atom. The van der Waals surface area contributed by atoms with E-state index in [1.54, 1.807) is 19.2 Å². The molecule has 0 bridgehead atoms. The molecule has 0 fully saturated rings. The average molecular weight is 461 g/mol. The summed E-state index contributed by atoms with van der Waals surface area (Å²) in [4.78, 5) is 4.77. The third kappa shape index (κ3) is 4.74. The summed E-state index contributed by atoms with van der Waals surface area (Å²) in [5, 5.41) is 14.2. The van der Waals surface area contributed by atoms with Crippen LogP contribution >= 0.6 is 11.6 Å². The number of ether oxygens (including phenoxy) is 1. The van der Waals surface area contributed by atoms with Crippen LogP contribution in [0.4, 0.5) is 13.2 Å². The molecule has 0 radical (unpaired) electrons. The molecule has 32 heavy (non-hydrogen) atoms. The second kappa shape index (κ2) is 8.84. The first kappa shape index (κ1) is 22.2.